The van der Waals surface area contributed by atoms with E-state index in [0.29, 0.717) is 28.4 Å². The fourth-order valence-corrected chi connectivity index (χ4v) is 2.94. The fraction of sp³-hybridized carbons (Fsp3) is 0.250. The van der Waals surface area contributed by atoms with Gasteiger partial charge in [0.2, 0.25) is 5.75 Å². The van der Waals surface area contributed by atoms with Crippen LogP contribution < -0.4 is 18.9 Å². The summed E-state index contributed by atoms with van der Waals surface area (Å²) in [7, 11) is 6.21. The van der Waals surface area contributed by atoms with Gasteiger partial charge in [0, 0.05) is 5.57 Å². The van der Waals surface area contributed by atoms with Crippen molar-refractivity contribution in [2.24, 2.45) is 0 Å². The van der Waals surface area contributed by atoms with Crippen LogP contribution in [0, 0.1) is 0 Å². The van der Waals surface area contributed by atoms with Crippen molar-refractivity contribution >= 4 is 17.1 Å². The topological polar surface area (TPSA) is 63.2 Å². The van der Waals surface area contributed by atoms with Gasteiger partial charge in [0.25, 0.3) is 0 Å². The predicted molar refractivity (Wildman–Crippen MR) is 96.9 cm³/mol. The third-order valence-electron chi connectivity index (χ3n) is 4.25. The van der Waals surface area contributed by atoms with E-state index in [1.165, 1.54) is 21.3 Å². The molecule has 1 aliphatic heterocycles. The van der Waals surface area contributed by atoms with E-state index in [2.05, 4.69) is 0 Å². The number of rotatable bonds is 6. The number of cyclic esters (lactones) is 1. The normalized spacial score (nSPS) is 13.5. The zero-order valence-corrected chi connectivity index (χ0v) is 15.1. The first-order valence-corrected chi connectivity index (χ1v) is 7.98. The standard InChI is InChI=1S/C20H20O6/c1-22-14-7-5-12(6-8-14)15-11-26-20(21)18(15)13-9-16(23-2)19(25-4)17(10-13)24-3/h5-10H,11H2,1-4H3. The quantitative estimate of drug-likeness (QED) is 0.741. The zero-order chi connectivity index (χ0) is 18.7. The number of methoxy groups -OCH3 is 4. The van der Waals surface area contributed by atoms with Crippen LogP contribution in [0.25, 0.3) is 11.1 Å². The molecule has 0 bridgehead atoms. The lowest BCUT2D eigenvalue weighted by atomic mass is 9.96. The second kappa shape index (κ2) is 7.39. The van der Waals surface area contributed by atoms with Crippen molar-refractivity contribution in [2.75, 3.05) is 35.0 Å². The third-order valence-corrected chi connectivity index (χ3v) is 4.25. The number of benzene rings is 2. The number of ether oxygens (including phenoxy) is 5. The molecule has 0 atom stereocenters. The Hall–Kier alpha value is -3.15. The van der Waals surface area contributed by atoms with E-state index in [9.17, 15) is 4.79 Å². The molecular weight excluding hydrogens is 336 g/mol. The summed E-state index contributed by atoms with van der Waals surface area (Å²) in [5, 5.41) is 0. The maximum atomic E-state index is 12.4. The SMILES string of the molecule is COc1ccc(C2=C(c3cc(OC)c(OC)c(OC)c3)C(=O)OC2)cc1. The molecule has 6 heteroatoms. The van der Waals surface area contributed by atoms with E-state index in [1.807, 2.05) is 24.3 Å². The van der Waals surface area contributed by atoms with Crippen molar-refractivity contribution < 1.29 is 28.5 Å². The number of carbonyl (C=O) groups is 1. The van der Waals surface area contributed by atoms with Crippen LogP contribution in [0.3, 0.4) is 0 Å². The highest BCUT2D eigenvalue weighted by Crippen LogP contribution is 2.42. The van der Waals surface area contributed by atoms with E-state index in [0.717, 1.165) is 16.9 Å². The van der Waals surface area contributed by atoms with Crippen LogP contribution >= 0.6 is 0 Å². The monoisotopic (exact) mass is 356 g/mol. The molecule has 2 aromatic carbocycles. The number of carbonyl (C=O) groups excluding carboxylic acids is 1. The maximum Gasteiger partial charge on any atom is 0.339 e. The summed E-state index contributed by atoms with van der Waals surface area (Å²) in [5.41, 5.74) is 2.81. The smallest absolute Gasteiger partial charge is 0.339 e. The van der Waals surface area contributed by atoms with Crippen molar-refractivity contribution in [2.45, 2.75) is 0 Å². The van der Waals surface area contributed by atoms with Gasteiger partial charge in [0.1, 0.15) is 12.4 Å². The van der Waals surface area contributed by atoms with Crippen LogP contribution in [0.5, 0.6) is 23.0 Å². The Balaban J connectivity index is 2.16. The summed E-state index contributed by atoms with van der Waals surface area (Å²) < 4.78 is 26.6. The van der Waals surface area contributed by atoms with Crippen molar-refractivity contribution in [3.8, 4) is 23.0 Å². The average Bonchev–Trinajstić information content (AvgIpc) is 3.08. The summed E-state index contributed by atoms with van der Waals surface area (Å²) in [6, 6.07) is 11.0. The lowest BCUT2D eigenvalue weighted by Crippen LogP contribution is -2.01. The molecule has 1 aliphatic rings. The average molecular weight is 356 g/mol. The molecule has 0 saturated heterocycles. The molecule has 2 aromatic rings. The third kappa shape index (κ3) is 3.06. The van der Waals surface area contributed by atoms with Crippen LogP contribution in [-0.4, -0.2) is 41.0 Å². The minimum Gasteiger partial charge on any atom is -0.497 e. The summed E-state index contributed by atoms with van der Waals surface area (Å²) in [6.45, 7) is 0.206. The van der Waals surface area contributed by atoms with Gasteiger partial charge < -0.3 is 23.7 Å². The highest BCUT2D eigenvalue weighted by atomic mass is 16.5. The molecule has 0 fully saturated rings. The Kier molecular flexibility index (Phi) is 5.02. The van der Waals surface area contributed by atoms with Crippen molar-refractivity contribution in [3.05, 3.63) is 47.5 Å². The second-order valence-corrected chi connectivity index (χ2v) is 5.57. The highest BCUT2D eigenvalue weighted by Gasteiger charge is 2.29. The van der Waals surface area contributed by atoms with E-state index in [1.54, 1.807) is 19.2 Å². The minimum atomic E-state index is -0.384. The van der Waals surface area contributed by atoms with Crippen molar-refractivity contribution in [3.63, 3.8) is 0 Å². The molecule has 0 amide bonds. The van der Waals surface area contributed by atoms with Gasteiger partial charge >= 0.3 is 5.97 Å². The van der Waals surface area contributed by atoms with E-state index in [4.69, 9.17) is 23.7 Å². The van der Waals surface area contributed by atoms with Gasteiger partial charge in [-0.05, 0) is 35.4 Å². The van der Waals surface area contributed by atoms with Crippen LogP contribution in [0.4, 0.5) is 0 Å². The molecule has 0 radical (unpaired) electrons. The van der Waals surface area contributed by atoms with Gasteiger partial charge in [0.15, 0.2) is 11.5 Å². The molecule has 6 nitrogen and oxygen atoms in total. The first-order valence-electron chi connectivity index (χ1n) is 7.98. The lowest BCUT2D eigenvalue weighted by molar-refractivity contribution is -0.133. The first kappa shape index (κ1) is 17.7. The predicted octanol–water partition coefficient (Wildman–Crippen LogP) is 3.19. The van der Waals surface area contributed by atoms with Gasteiger partial charge in [-0.1, -0.05) is 12.1 Å². The number of esters is 1. The summed E-state index contributed by atoms with van der Waals surface area (Å²) >= 11 is 0. The summed E-state index contributed by atoms with van der Waals surface area (Å²) in [4.78, 5) is 12.4. The van der Waals surface area contributed by atoms with E-state index < -0.39 is 0 Å². The molecule has 0 N–H and O–H groups in total. The Morgan fingerprint density at radius 1 is 0.808 bits per heavy atom. The van der Waals surface area contributed by atoms with Gasteiger partial charge in [0.05, 0.1) is 34.0 Å². The second-order valence-electron chi connectivity index (χ2n) is 5.57. The number of hydrogen-bond acceptors (Lipinski definition) is 6. The van der Waals surface area contributed by atoms with E-state index in [-0.39, 0.29) is 12.6 Å². The van der Waals surface area contributed by atoms with Gasteiger partial charge in [-0.3, -0.25) is 0 Å². The highest BCUT2D eigenvalue weighted by molar-refractivity contribution is 6.27. The van der Waals surface area contributed by atoms with Crippen LogP contribution in [0.2, 0.25) is 0 Å². The minimum absolute atomic E-state index is 0.206. The molecule has 0 unspecified atom stereocenters. The molecule has 136 valence electrons. The largest absolute Gasteiger partial charge is 0.497 e. The van der Waals surface area contributed by atoms with Gasteiger partial charge in [-0.2, -0.15) is 0 Å². The van der Waals surface area contributed by atoms with Gasteiger partial charge in [-0.25, -0.2) is 4.79 Å². The fourth-order valence-electron chi connectivity index (χ4n) is 2.94. The Morgan fingerprint density at radius 3 is 1.92 bits per heavy atom. The zero-order valence-electron chi connectivity index (χ0n) is 15.1. The van der Waals surface area contributed by atoms with Crippen LogP contribution in [0.15, 0.2) is 36.4 Å². The van der Waals surface area contributed by atoms with Crippen LogP contribution in [-0.2, 0) is 9.53 Å². The molecule has 1 heterocycles. The van der Waals surface area contributed by atoms with Crippen molar-refractivity contribution in [1.29, 1.82) is 0 Å². The van der Waals surface area contributed by atoms with E-state index >= 15 is 0 Å². The molecule has 0 aromatic heterocycles. The molecule has 3 rings (SSSR count). The molecule has 0 spiro atoms. The maximum absolute atomic E-state index is 12.4. The Morgan fingerprint density at radius 2 is 1.42 bits per heavy atom. The van der Waals surface area contributed by atoms with Crippen LogP contribution in [0.1, 0.15) is 11.1 Å². The summed E-state index contributed by atoms with van der Waals surface area (Å²) in [5.74, 6) is 1.78. The lowest BCUT2D eigenvalue weighted by Gasteiger charge is -2.14. The summed E-state index contributed by atoms with van der Waals surface area (Å²) in [6.07, 6.45) is 0. The molecule has 0 aliphatic carbocycles. The molecule has 0 saturated carbocycles. The first-order chi connectivity index (χ1) is 12.6. The van der Waals surface area contributed by atoms with Gasteiger partial charge in [-0.15, -0.1) is 0 Å². The van der Waals surface area contributed by atoms with Crippen molar-refractivity contribution in [1.82, 2.24) is 0 Å². The number of hydrogen-bond donors (Lipinski definition) is 0. The Labute approximate surface area is 151 Å². The molecule has 26 heavy (non-hydrogen) atoms. The molecular formula is C20H20O6. The Bertz CT molecular complexity index is 826.